The van der Waals surface area contributed by atoms with Crippen LogP contribution in [-0.2, 0) is 25.7 Å². The van der Waals surface area contributed by atoms with E-state index in [-0.39, 0.29) is 22.9 Å². The first-order valence-electron chi connectivity index (χ1n) is 10.1. The molecule has 1 N–H and O–H groups in total. The van der Waals surface area contributed by atoms with Crippen LogP contribution in [0, 0.1) is 13.8 Å². The van der Waals surface area contributed by atoms with Gasteiger partial charge in [0.25, 0.3) is 5.91 Å². The van der Waals surface area contributed by atoms with Crippen LogP contribution in [0.2, 0.25) is 0 Å². The van der Waals surface area contributed by atoms with E-state index in [1.807, 2.05) is 56.3 Å². The molecule has 8 heteroatoms. The number of nitrogens with zero attached hydrogens (tertiary/aromatic N) is 3. The molecule has 0 unspecified atom stereocenters. The predicted octanol–water partition coefficient (Wildman–Crippen LogP) is 3.05. The summed E-state index contributed by atoms with van der Waals surface area (Å²) >= 11 is 1.11. The van der Waals surface area contributed by atoms with Crippen LogP contribution in [0.25, 0.3) is 0 Å². The fourth-order valence-electron chi connectivity index (χ4n) is 4.24. The van der Waals surface area contributed by atoms with Crippen LogP contribution in [0.4, 0.5) is 5.69 Å². The fraction of sp³-hybridized carbons (Fsp3) is 0.304. The maximum atomic E-state index is 13.9. The number of amidine groups is 1. The van der Waals surface area contributed by atoms with Crippen molar-refractivity contribution in [2.24, 2.45) is 5.10 Å². The predicted molar refractivity (Wildman–Crippen MR) is 121 cm³/mol. The number of fused-ring (bicyclic) bond motifs is 2. The van der Waals surface area contributed by atoms with E-state index in [1.54, 1.807) is 4.90 Å². The van der Waals surface area contributed by atoms with Crippen molar-refractivity contribution in [3.05, 3.63) is 64.7 Å². The minimum Gasteiger partial charge on any atom is -0.308 e. The Labute approximate surface area is 185 Å². The lowest BCUT2D eigenvalue weighted by Gasteiger charge is -2.29. The lowest BCUT2D eigenvalue weighted by atomic mass is 10.0. The second-order valence-electron chi connectivity index (χ2n) is 7.83. The molecule has 0 aliphatic carbocycles. The number of hydrazone groups is 1. The third-order valence-corrected chi connectivity index (χ3v) is 6.64. The van der Waals surface area contributed by atoms with Crippen molar-refractivity contribution in [1.82, 2.24) is 10.3 Å². The van der Waals surface area contributed by atoms with Crippen LogP contribution in [0.1, 0.15) is 36.1 Å². The van der Waals surface area contributed by atoms with Crippen molar-refractivity contribution in [1.29, 1.82) is 0 Å². The highest BCUT2D eigenvalue weighted by atomic mass is 32.2. The number of rotatable bonds is 3. The minimum atomic E-state index is -1.35. The highest BCUT2D eigenvalue weighted by Crippen LogP contribution is 2.55. The van der Waals surface area contributed by atoms with Crippen LogP contribution >= 0.6 is 11.8 Å². The van der Waals surface area contributed by atoms with E-state index in [4.69, 9.17) is 0 Å². The lowest BCUT2D eigenvalue weighted by molar-refractivity contribution is -0.139. The van der Waals surface area contributed by atoms with Gasteiger partial charge in [0.05, 0.1) is 5.69 Å². The smallest absolute Gasteiger partial charge is 0.270 e. The molecule has 2 aromatic carbocycles. The molecule has 0 bridgehead atoms. The van der Waals surface area contributed by atoms with Crippen molar-refractivity contribution in [3.63, 3.8) is 0 Å². The van der Waals surface area contributed by atoms with Gasteiger partial charge in [0.2, 0.25) is 16.7 Å². The van der Waals surface area contributed by atoms with Crippen molar-refractivity contribution >= 4 is 40.3 Å². The summed E-state index contributed by atoms with van der Waals surface area (Å²) in [6.07, 6.45) is 0.680. The third kappa shape index (κ3) is 3.50. The van der Waals surface area contributed by atoms with Crippen molar-refractivity contribution in [2.45, 2.75) is 39.0 Å². The van der Waals surface area contributed by atoms with Gasteiger partial charge in [-0.25, -0.2) is 0 Å². The Morgan fingerprint density at radius 2 is 1.84 bits per heavy atom. The van der Waals surface area contributed by atoms with Crippen molar-refractivity contribution in [2.75, 3.05) is 11.4 Å². The van der Waals surface area contributed by atoms with E-state index in [1.165, 1.54) is 18.9 Å². The quantitative estimate of drug-likeness (QED) is 0.802. The van der Waals surface area contributed by atoms with E-state index in [0.717, 1.165) is 39.7 Å². The number of carbonyl (C=O) groups excluding carboxylic acids is 3. The van der Waals surface area contributed by atoms with Crippen LogP contribution in [0.5, 0.6) is 0 Å². The number of nitrogens with one attached hydrogen (secondary N) is 1. The summed E-state index contributed by atoms with van der Waals surface area (Å²) in [5, 5.41) is 8.40. The first-order chi connectivity index (χ1) is 14.7. The monoisotopic (exact) mass is 436 g/mol. The van der Waals surface area contributed by atoms with Crippen molar-refractivity contribution in [3.8, 4) is 0 Å². The zero-order valence-electron chi connectivity index (χ0n) is 17.9. The molecule has 3 amide bonds. The van der Waals surface area contributed by atoms with Crippen LogP contribution in [-0.4, -0.2) is 34.4 Å². The summed E-state index contributed by atoms with van der Waals surface area (Å²) in [5.41, 5.74) is 4.62. The van der Waals surface area contributed by atoms with Crippen LogP contribution in [0.3, 0.4) is 0 Å². The molecule has 2 aliphatic rings. The van der Waals surface area contributed by atoms with Gasteiger partial charge in [-0.05, 0) is 43.2 Å². The molecule has 2 heterocycles. The Morgan fingerprint density at radius 3 is 2.48 bits per heavy atom. The number of thioether (sulfide) groups is 1. The molecule has 1 atom stereocenters. The Kier molecular flexibility index (Phi) is 5.35. The largest absolute Gasteiger partial charge is 0.308 e. The first kappa shape index (κ1) is 21.1. The van der Waals surface area contributed by atoms with Gasteiger partial charge in [-0.2, -0.15) is 5.01 Å². The van der Waals surface area contributed by atoms with Gasteiger partial charge >= 0.3 is 0 Å². The van der Waals surface area contributed by atoms with E-state index >= 15 is 0 Å². The van der Waals surface area contributed by atoms with E-state index in [9.17, 15) is 14.4 Å². The molecule has 1 spiro atoms. The molecule has 0 fully saturated rings. The lowest BCUT2D eigenvalue weighted by Crippen LogP contribution is -2.49. The second-order valence-corrected chi connectivity index (χ2v) is 9.02. The van der Waals surface area contributed by atoms with Gasteiger partial charge in [-0.1, -0.05) is 48.0 Å². The molecule has 160 valence electrons. The first-order valence-corrected chi connectivity index (χ1v) is 10.9. The number of amides is 3. The maximum Gasteiger partial charge on any atom is 0.270 e. The van der Waals surface area contributed by atoms with Gasteiger partial charge in [-0.15, -0.1) is 5.10 Å². The molecular weight excluding hydrogens is 412 g/mol. The van der Waals surface area contributed by atoms with Gasteiger partial charge in [0.15, 0.2) is 5.17 Å². The van der Waals surface area contributed by atoms with E-state index < -0.39 is 4.87 Å². The van der Waals surface area contributed by atoms with Gasteiger partial charge in [0, 0.05) is 26.0 Å². The minimum absolute atomic E-state index is 0.226. The molecule has 7 nitrogen and oxygen atoms in total. The summed E-state index contributed by atoms with van der Waals surface area (Å²) in [6, 6.07) is 14.0. The Balaban J connectivity index is 1.80. The van der Waals surface area contributed by atoms with Gasteiger partial charge in [-0.3, -0.25) is 14.4 Å². The maximum absolute atomic E-state index is 13.9. The fourth-order valence-corrected chi connectivity index (χ4v) is 5.55. The normalized spacial score (nSPS) is 19.6. The van der Waals surface area contributed by atoms with Gasteiger partial charge < -0.3 is 10.2 Å². The van der Waals surface area contributed by atoms with Gasteiger partial charge in [0.1, 0.15) is 0 Å². The zero-order valence-corrected chi connectivity index (χ0v) is 18.7. The second kappa shape index (κ2) is 7.85. The highest BCUT2D eigenvalue weighted by Gasteiger charge is 2.61. The average Bonchev–Trinajstić information content (AvgIpc) is 3.19. The molecule has 2 aromatic rings. The summed E-state index contributed by atoms with van der Waals surface area (Å²) in [4.78, 5) is 38.6. The topological polar surface area (TPSA) is 82.1 Å². The van der Waals surface area contributed by atoms with Crippen LogP contribution in [0.15, 0.2) is 47.6 Å². The number of hydrogen-bond acceptors (Lipinski definition) is 5. The summed E-state index contributed by atoms with van der Waals surface area (Å²) in [7, 11) is 0. The summed E-state index contributed by atoms with van der Waals surface area (Å²) in [6.45, 7) is 7.16. The van der Waals surface area contributed by atoms with Crippen molar-refractivity contribution < 1.29 is 14.4 Å². The number of hydrogen-bond donors (Lipinski definition) is 1. The molecule has 0 saturated carbocycles. The summed E-state index contributed by atoms with van der Waals surface area (Å²) < 4.78 is 0. The molecular formula is C23H24N4O3S. The Morgan fingerprint density at radius 1 is 1.13 bits per heavy atom. The highest BCUT2D eigenvalue weighted by molar-refractivity contribution is 8.15. The molecule has 31 heavy (non-hydrogen) atoms. The van der Waals surface area contributed by atoms with Crippen LogP contribution < -0.4 is 10.2 Å². The SMILES string of the molecule is CC(=O)NC1=NN(C(C)=O)[C@@]2(S1)C(=O)N(CCc1ccccc1)c1c(C)cc(C)cc12. The molecule has 2 aliphatic heterocycles. The van der Waals surface area contributed by atoms with E-state index in [0.29, 0.717) is 13.0 Å². The Hall–Kier alpha value is -3.13. The molecule has 4 rings (SSSR count). The molecule has 0 saturated heterocycles. The number of anilines is 1. The third-order valence-electron chi connectivity index (χ3n) is 5.40. The molecule has 0 radical (unpaired) electrons. The zero-order chi connectivity index (χ0) is 22.3. The number of benzene rings is 2. The number of aryl methyl sites for hydroxylation is 2. The number of carbonyl (C=O) groups is 3. The molecule has 0 aromatic heterocycles. The standard InChI is InChI=1S/C23H24N4O3S/c1-14-12-15(2)20-19(13-14)23(27(17(4)29)25-22(31-23)24-16(3)28)21(30)26(20)11-10-18-8-6-5-7-9-18/h5-9,12-13H,10-11H2,1-4H3,(H,24,25,28)/t23-/m0/s1. The summed E-state index contributed by atoms with van der Waals surface area (Å²) in [5.74, 6) is -0.897. The van der Waals surface area contributed by atoms with E-state index in [2.05, 4.69) is 10.4 Å². The average molecular weight is 437 g/mol. The Bertz CT molecular complexity index is 1120.